The summed E-state index contributed by atoms with van der Waals surface area (Å²) in [7, 11) is 2.27. The first kappa shape index (κ1) is 12.1. The number of nitrogens with zero attached hydrogens (tertiary/aromatic N) is 1. The largest absolute Gasteiger partial charge is 0.311 e. The molecule has 0 bridgehead atoms. The molecule has 1 aliphatic carbocycles. The Morgan fingerprint density at radius 1 is 1.44 bits per heavy atom. The Morgan fingerprint density at radius 2 is 2.25 bits per heavy atom. The van der Waals surface area contributed by atoms with Gasteiger partial charge in [-0.2, -0.15) is 0 Å². The predicted octanol–water partition coefficient (Wildman–Crippen LogP) is 2.71. The molecule has 1 N–H and O–H groups in total. The van der Waals surface area contributed by atoms with Gasteiger partial charge in [-0.25, -0.2) is 0 Å². The van der Waals surface area contributed by atoms with Crippen LogP contribution >= 0.6 is 11.3 Å². The lowest BCUT2D eigenvalue weighted by molar-refractivity contribution is 0.245. The summed E-state index contributed by atoms with van der Waals surface area (Å²) < 4.78 is 0. The number of rotatable bonds is 6. The third-order valence-electron chi connectivity index (χ3n) is 3.47. The van der Waals surface area contributed by atoms with Crippen molar-refractivity contribution >= 4 is 11.3 Å². The molecule has 1 aliphatic rings. The second-order valence-electron chi connectivity index (χ2n) is 4.68. The lowest BCUT2D eigenvalue weighted by Crippen LogP contribution is -2.35. The van der Waals surface area contributed by atoms with Gasteiger partial charge in [-0.15, -0.1) is 11.3 Å². The number of hydrogen-bond donors (Lipinski definition) is 1. The van der Waals surface area contributed by atoms with Gasteiger partial charge in [0.05, 0.1) is 0 Å². The van der Waals surface area contributed by atoms with E-state index in [0.717, 1.165) is 19.1 Å². The third kappa shape index (κ3) is 3.58. The fourth-order valence-corrected chi connectivity index (χ4v) is 3.08. The zero-order valence-electron chi connectivity index (χ0n) is 10.1. The fraction of sp³-hybridized carbons (Fsp3) is 0.692. The maximum atomic E-state index is 3.51. The van der Waals surface area contributed by atoms with Crippen molar-refractivity contribution in [3.05, 3.63) is 22.4 Å². The number of hydrogen-bond acceptors (Lipinski definition) is 3. The molecule has 0 saturated heterocycles. The normalized spacial score (nSPS) is 17.4. The van der Waals surface area contributed by atoms with Crippen LogP contribution in [-0.4, -0.2) is 31.1 Å². The van der Waals surface area contributed by atoms with Gasteiger partial charge in [-0.3, -0.25) is 0 Å². The van der Waals surface area contributed by atoms with Crippen LogP contribution in [0.2, 0.25) is 0 Å². The van der Waals surface area contributed by atoms with Gasteiger partial charge < -0.3 is 10.2 Å². The van der Waals surface area contributed by atoms with Crippen LogP contribution in [0.5, 0.6) is 0 Å². The molecule has 2 nitrogen and oxygen atoms in total. The first-order chi connectivity index (χ1) is 7.86. The molecule has 1 aromatic heterocycles. The highest BCUT2D eigenvalue weighted by Gasteiger charge is 2.18. The van der Waals surface area contributed by atoms with Crippen molar-refractivity contribution in [3.63, 3.8) is 0 Å². The van der Waals surface area contributed by atoms with E-state index in [1.54, 1.807) is 0 Å². The van der Waals surface area contributed by atoms with Gasteiger partial charge in [0, 0.05) is 30.6 Å². The molecular weight excluding hydrogens is 216 g/mol. The van der Waals surface area contributed by atoms with E-state index in [9.17, 15) is 0 Å². The molecule has 1 fully saturated rings. The van der Waals surface area contributed by atoms with Crippen LogP contribution in [0.1, 0.15) is 30.6 Å². The zero-order valence-corrected chi connectivity index (χ0v) is 10.9. The van der Waals surface area contributed by atoms with Gasteiger partial charge in [0.25, 0.3) is 0 Å². The van der Waals surface area contributed by atoms with Gasteiger partial charge >= 0.3 is 0 Å². The summed E-state index contributed by atoms with van der Waals surface area (Å²) in [5.41, 5.74) is 0. The van der Waals surface area contributed by atoms with E-state index in [-0.39, 0.29) is 0 Å². The molecule has 1 saturated carbocycles. The van der Waals surface area contributed by atoms with E-state index < -0.39 is 0 Å². The summed E-state index contributed by atoms with van der Waals surface area (Å²) >= 11 is 1.83. The highest BCUT2D eigenvalue weighted by Crippen LogP contribution is 2.21. The molecular formula is C13H22N2S. The van der Waals surface area contributed by atoms with Crippen LogP contribution in [0, 0.1) is 0 Å². The molecule has 1 heterocycles. The molecule has 0 amide bonds. The molecule has 16 heavy (non-hydrogen) atoms. The van der Waals surface area contributed by atoms with Gasteiger partial charge in [-0.1, -0.05) is 18.9 Å². The quantitative estimate of drug-likeness (QED) is 0.767. The predicted molar refractivity (Wildman–Crippen MR) is 70.9 cm³/mol. The Bertz CT molecular complexity index is 278. The van der Waals surface area contributed by atoms with E-state index in [0.29, 0.717) is 0 Å². The Labute approximate surface area is 103 Å². The van der Waals surface area contributed by atoms with E-state index >= 15 is 0 Å². The Kier molecular flexibility index (Phi) is 4.82. The van der Waals surface area contributed by atoms with Crippen molar-refractivity contribution < 1.29 is 0 Å². The summed E-state index contributed by atoms with van der Waals surface area (Å²) in [5.74, 6) is 0. The molecule has 2 rings (SSSR count). The van der Waals surface area contributed by atoms with Crippen molar-refractivity contribution in [1.82, 2.24) is 10.2 Å². The Hall–Kier alpha value is -0.380. The third-order valence-corrected chi connectivity index (χ3v) is 4.35. The number of nitrogens with one attached hydrogen (secondary N) is 1. The molecule has 0 aliphatic heterocycles. The maximum Gasteiger partial charge on any atom is 0.0300 e. The summed E-state index contributed by atoms with van der Waals surface area (Å²) in [6.45, 7) is 3.30. The fourth-order valence-electron chi connectivity index (χ4n) is 2.41. The lowest BCUT2D eigenvalue weighted by atomic mass is 10.2. The van der Waals surface area contributed by atoms with Crippen LogP contribution in [0.25, 0.3) is 0 Å². The van der Waals surface area contributed by atoms with Gasteiger partial charge in [0.2, 0.25) is 0 Å². The molecule has 0 spiro atoms. The van der Waals surface area contributed by atoms with Crippen LogP contribution in [-0.2, 0) is 6.54 Å². The zero-order chi connectivity index (χ0) is 11.2. The number of thiophene rings is 1. The highest BCUT2D eigenvalue weighted by atomic mass is 32.1. The van der Waals surface area contributed by atoms with Crippen molar-refractivity contribution in [2.75, 3.05) is 20.1 Å². The monoisotopic (exact) mass is 238 g/mol. The minimum absolute atomic E-state index is 0.850. The minimum Gasteiger partial charge on any atom is -0.311 e. The summed E-state index contributed by atoms with van der Waals surface area (Å²) in [4.78, 5) is 3.96. The Morgan fingerprint density at radius 3 is 2.94 bits per heavy atom. The SMILES string of the molecule is CN(CCNCc1cccs1)C1CCCC1. The molecule has 1 aromatic rings. The average molecular weight is 238 g/mol. The average Bonchev–Trinajstić information content (AvgIpc) is 2.96. The van der Waals surface area contributed by atoms with E-state index in [2.05, 4.69) is 34.8 Å². The maximum absolute atomic E-state index is 3.51. The van der Waals surface area contributed by atoms with E-state index in [1.807, 2.05) is 11.3 Å². The first-order valence-corrected chi connectivity index (χ1v) is 7.17. The van der Waals surface area contributed by atoms with Crippen LogP contribution < -0.4 is 5.32 Å². The van der Waals surface area contributed by atoms with E-state index in [4.69, 9.17) is 0 Å². The second kappa shape index (κ2) is 6.38. The minimum atomic E-state index is 0.850. The van der Waals surface area contributed by atoms with Crippen molar-refractivity contribution in [1.29, 1.82) is 0 Å². The van der Waals surface area contributed by atoms with Crippen molar-refractivity contribution in [2.45, 2.75) is 38.3 Å². The smallest absolute Gasteiger partial charge is 0.0300 e. The summed E-state index contributed by atoms with van der Waals surface area (Å²) in [5, 5.41) is 5.65. The first-order valence-electron chi connectivity index (χ1n) is 6.29. The van der Waals surface area contributed by atoms with Crippen molar-refractivity contribution in [3.8, 4) is 0 Å². The Balaban J connectivity index is 1.57. The standard InChI is InChI=1S/C13H22N2S/c1-15(12-5-2-3-6-12)9-8-14-11-13-7-4-10-16-13/h4,7,10,12,14H,2-3,5-6,8-9,11H2,1H3. The van der Waals surface area contributed by atoms with Crippen LogP contribution in [0.15, 0.2) is 17.5 Å². The number of likely N-dealkylation sites (N-methyl/N-ethyl adjacent to an activating group) is 1. The molecule has 0 unspecified atom stereocenters. The van der Waals surface area contributed by atoms with Crippen molar-refractivity contribution in [2.24, 2.45) is 0 Å². The molecule has 90 valence electrons. The topological polar surface area (TPSA) is 15.3 Å². The molecule has 0 radical (unpaired) electrons. The second-order valence-corrected chi connectivity index (χ2v) is 5.71. The summed E-state index contributed by atoms with van der Waals surface area (Å²) in [6.07, 6.45) is 5.66. The molecule has 0 atom stereocenters. The highest BCUT2D eigenvalue weighted by molar-refractivity contribution is 7.09. The van der Waals surface area contributed by atoms with Crippen LogP contribution in [0.3, 0.4) is 0 Å². The van der Waals surface area contributed by atoms with Gasteiger partial charge in [0.15, 0.2) is 0 Å². The molecule has 0 aromatic carbocycles. The van der Waals surface area contributed by atoms with Gasteiger partial charge in [0.1, 0.15) is 0 Å². The van der Waals surface area contributed by atoms with Gasteiger partial charge in [-0.05, 0) is 31.3 Å². The van der Waals surface area contributed by atoms with Crippen LogP contribution in [0.4, 0.5) is 0 Å². The van der Waals surface area contributed by atoms with E-state index in [1.165, 1.54) is 37.1 Å². The summed E-state index contributed by atoms with van der Waals surface area (Å²) in [6, 6.07) is 5.16. The molecule has 3 heteroatoms. The lowest BCUT2D eigenvalue weighted by Gasteiger charge is -2.23.